The van der Waals surface area contributed by atoms with Crippen LogP contribution in [0.3, 0.4) is 0 Å². The van der Waals surface area contributed by atoms with E-state index in [2.05, 4.69) is 11.0 Å². The number of rotatable bonds is 6. The molecule has 0 saturated carbocycles. The van der Waals surface area contributed by atoms with Crippen molar-refractivity contribution in [3.63, 3.8) is 0 Å². The second-order valence-electron chi connectivity index (χ2n) is 4.47. The Bertz CT molecular complexity index is 539. The highest BCUT2D eigenvalue weighted by atomic mass is 32.1. The van der Waals surface area contributed by atoms with Crippen molar-refractivity contribution in [2.24, 2.45) is 0 Å². The van der Waals surface area contributed by atoms with Crippen molar-refractivity contribution in [2.45, 2.75) is 13.0 Å². The Balaban J connectivity index is 1.85. The fourth-order valence-electron chi connectivity index (χ4n) is 1.86. The predicted octanol–water partition coefficient (Wildman–Crippen LogP) is 3.59. The Morgan fingerprint density at radius 1 is 1.26 bits per heavy atom. The Morgan fingerprint density at radius 3 is 2.74 bits per heavy atom. The van der Waals surface area contributed by atoms with Crippen LogP contribution in [-0.4, -0.2) is 24.3 Å². The summed E-state index contributed by atoms with van der Waals surface area (Å²) in [5.74, 6) is -0.579. The van der Waals surface area contributed by atoms with Gasteiger partial charge in [-0.05, 0) is 30.6 Å². The number of carbonyl (C=O) groups is 1. The molecule has 2 aromatic rings. The van der Waals surface area contributed by atoms with Crippen LogP contribution in [0.1, 0.15) is 21.7 Å². The van der Waals surface area contributed by atoms with Gasteiger partial charge in [-0.2, -0.15) is 0 Å². The van der Waals surface area contributed by atoms with Crippen molar-refractivity contribution in [2.75, 3.05) is 13.6 Å². The number of thiophene rings is 1. The number of hydrogen-bond acceptors (Lipinski definition) is 3. The van der Waals surface area contributed by atoms with Gasteiger partial charge in [0, 0.05) is 24.4 Å². The number of nitrogens with zero attached hydrogens (tertiary/aromatic N) is 1. The highest BCUT2D eigenvalue weighted by Gasteiger charge is 2.11. The minimum absolute atomic E-state index is 0.142. The molecule has 19 heavy (non-hydrogen) atoms. The van der Waals surface area contributed by atoms with E-state index in [-0.39, 0.29) is 11.3 Å². The van der Waals surface area contributed by atoms with Gasteiger partial charge in [-0.15, -0.1) is 11.3 Å². The van der Waals surface area contributed by atoms with Crippen molar-refractivity contribution in [1.82, 2.24) is 4.90 Å². The Labute approximate surface area is 116 Å². The Hall–Kier alpha value is -1.52. The van der Waals surface area contributed by atoms with Crippen LogP contribution in [0, 0.1) is 5.82 Å². The van der Waals surface area contributed by atoms with Crippen LogP contribution < -0.4 is 0 Å². The highest BCUT2D eigenvalue weighted by Crippen LogP contribution is 2.12. The van der Waals surface area contributed by atoms with Gasteiger partial charge in [-0.1, -0.05) is 18.2 Å². The molecule has 1 heterocycles. The molecule has 0 radical (unpaired) electrons. The summed E-state index contributed by atoms with van der Waals surface area (Å²) in [6.45, 7) is 1.45. The topological polar surface area (TPSA) is 20.3 Å². The first kappa shape index (κ1) is 13.9. The summed E-state index contributed by atoms with van der Waals surface area (Å²) in [6, 6.07) is 10.2. The van der Waals surface area contributed by atoms with Crippen molar-refractivity contribution in [3.8, 4) is 0 Å². The van der Waals surface area contributed by atoms with Gasteiger partial charge in [0.15, 0.2) is 5.78 Å². The summed E-state index contributed by atoms with van der Waals surface area (Å²) in [7, 11) is 1.97. The first-order chi connectivity index (χ1) is 9.16. The lowest BCUT2D eigenvalue weighted by Crippen LogP contribution is -2.21. The third kappa shape index (κ3) is 3.98. The van der Waals surface area contributed by atoms with Crippen LogP contribution in [-0.2, 0) is 6.54 Å². The van der Waals surface area contributed by atoms with E-state index in [1.165, 1.54) is 17.0 Å². The molecule has 0 spiro atoms. The van der Waals surface area contributed by atoms with Crippen molar-refractivity contribution < 1.29 is 9.18 Å². The molecule has 100 valence electrons. The Morgan fingerprint density at radius 2 is 2.05 bits per heavy atom. The Kier molecular flexibility index (Phi) is 4.82. The van der Waals surface area contributed by atoms with E-state index in [4.69, 9.17) is 0 Å². The standard InChI is InChI=1S/C15H16FNOS/c1-17(11-12-5-4-10-19-12)9-8-15(18)13-6-2-3-7-14(13)16/h2-7,10H,8-9,11H2,1H3. The predicted molar refractivity (Wildman–Crippen MR) is 76.0 cm³/mol. The molecular weight excluding hydrogens is 261 g/mol. The van der Waals surface area contributed by atoms with Crippen LogP contribution in [0.5, 0.6) is 0 Å². The normalized spacial score (nSPS) is 10.9. The van der Waals surface area contributed by atoms with Crippen LogP contribution in [0.25, 0.3) is 0 Å². The van der Waals surface area contributed by atoms with Crippen LogP contribution in [0.15, 0.2) is 41.8 Å². The maximum Gasteiger partial charge on any atom is 0.167 e. The molecule has 0 aliphatic heterocycles. The molecule has 0 N–H and O–H groups in total. The molecule has 4 heteroatoms. The van der Waals surface area contributed by atoms with Gasteiger partial charge < -0.3 is 4.90 Å². The highest BCUT2D eigenvalue weighted by molar-refractivity contribution is 7.09. The second-order valence-corrected chi connectivity index (χ2v) is 5.50. The number of ketones is 1. The van der Waals surface area contributed by atoms with E-state index in [1.807, 2.05) is 18.5 Å². The summed E-state index contributed by atoms with van der Waals surface area (Å²) in [5.41, 5.74) is 0.187. The lowest BCUT2D eigenvalue weighted by atomic mass is 10.1. The molecule has 0 bridgehead atoms. The molecule has 0 saturated heterocycles. The van der Waals surface area contributed by atoms with E-state index in [0.717, 1.165) is 6.54 Å². The summed E-state index contributed by atoms with van der Waals surface area (Å²) in [4.78, 5) is 15.2. The number of carbonyl (C=O) groups excluding carboxylic acids is 1. The largest absolute Gasteiger partial charge is 0.301 e. The smallest absolute Gasteiger partial charge is 0.167 e. The van der Waals surface area contributed by atoms with Gasteiger partial charge in [-0.25, -0.2) is 4.39 Å². The molecule has 2 nitrogen and oxygen atoms in total. The molecule has 1 aromatic carbocycles. The molecule has 0 atom stereocenters. The van der Waals surface area contributed by atoms with Crippen molar-refractivity contribution in [1.29, 1.82) is 0 Å². The monoisotopic (exact) mass is 277 g/mol. The quantitative estimate of drug-likeness (QED) is 0.752. The second kappa shape index (κ2) is 6.59. The van der Waals surface area contributed by atoms with Gasteiger partial charge in [0.1, 0.15) is 5.82 Å². The lowest BCUT2D eigenvalue weighted by Gasteiger charge is -2.14. The number of benzene rings is 1. The fourth-order valence-corrected chi connectivity index (χ4v) is 2.65. The zero-order chi connectivity index (χ0) is 13.7. The minimum Gasteiger partial charge on any atom is -0.301 e. The van der Waals surface area contributed by atoms with E-state index in [0.29, 0.717) is 13.0 Å². The third-order valence-electron chi connectivity index (χ3n) is 2.90. The molecule has 1 aromatic heterocycles. The van der Waals surface area contributed by atoms with Crippen LogP contribution in [0.4, 0.5) is 4.39 Å². The first-order valence-corrected chi connectivity index (χ1v) is 7.03. The van der Waals surface area contributed by atoms with E-state index < -0.39 is 5.82 Å². The average Bonchev–Trinajstić information content (AvgIpc) is 2.89. The molecule has 2 rings (SSSR count). The lowest BCUT2D eigenvalue weighted by molar-refractivity contribution is 0.0964. The maximum absolute atomic E-state index is 13.4. The maximum atomic E-state index is 13.4. The molecule has 0 fully saturated rings. The summed E-state index contributed by atoms with van der Waals surface area (Å²) < 4.78 is 13.4. The third-order valence-corrected chi connectivity index (χ3v) is 3.76. The summed E-state index contributed by atoms with van der Waals surface area (Å²) >= 11 is 1.70. The zero-order valence-corrected chi connectivity index (χ0v) is 11.6. The molecule has 0 aliphatic rings. The van der Waals surface area contributed by atoms with Gasteiger partial charge in [0.05, 0.1) is 5.56 Å². The molecule has 0 amide bonds. The molecule has 0 aliphatic carbocycles. The van der Waals surface area contributed by atoms with Gasteiger partial charge in [0.25, 0.3) is 0 Å². The van der Waals surface area contributed by atoms with E-state index in [9.17, 15) is 9.18 Å². The SMILES string of the molecule is CN(CCC(=O)c1ccccc1F)Cc1cccs1. The average molecular weight is 277 g/mol. The van der Waals surface area contributed by atoms with Gasteiger partial charge in [0.2, 0.25) is 0 Å². The van der Waals surface area contributed by atoms with Crippen molar-refractivity contribution in [3.05, 3.63) is 58.0 Å². The number of halogens is 1. The van der Waals surface area contributed by atoms with Gasteiger partial charge >= 0.3 is 0 Å². The van der Waals surface area contributed by atoms with Crippen LogP contribution in [0.2, 0.25) is 0 Å². The van der Waals surface area contributed by atoms with E-state index >= 15 is 0 Å². The summed E-state index contributed by atoms with van der Waals surface area (Å²) in [6.07, 6.45) is 0.336. The molecular formula is C15H16FNOS. The first-order valence-electron chi connectivity index (χ1n) is 6.15. The number of hydrogen-bond donors (Lipinski definition) is 0. The molecule has 0 unspecified atom stereocenters. The zero-order valence-electron chi connectivity index (χ0n) is 10.8. The van der Waals surface area contributed by atoms with Crippen molar-refractivity contribution >= 4 is 17.1 Å². The fraction of sp³-hybridized carbons (Fsp3) is 0.267. The summed E-state index contributed by atoms with van der Waals surface area (Å²) in [5, 5.41) is 2.04. The van der Waals surface area contributed by atoms with Crippen LogP contribution >= 0.6 is 11.3 Å². The van der Waals surface area contributed by atoms with Gasteiger partial charge in [-0.3, -0.25) is 4.79 Å². The minimum atomic E-state index is -0.437. The van der Waals surface area contributed by atoms with E-state index in [1.54, 1.807) is 23.5 Å². The number of Topliss-reactive ketones (excluding diaryl/α,β-unsaturated/α-hetero) is 1.